The number of nitriles is 1. The minimum Gasteiger partial charge on any atom is -0.467 e. The van der Waals surface area contributed by atoms with Crippen LogP contribution in [0.25, 0.3) is 5.69 Å². The largest absolute Gasteiger partial charge is 0.467 e. The van der Waals surface area contributed by atoms with Crippen LogP contribution in [0.5, 0.6) is 0 Å². The number of nitrogens with one attached hydrogen (secondary N) is 1. The van der Waals surface area contributed by atoms with Crippen LogP contribution < -0.4 is 11.1 Å². The molecule has 2 heterocycles. The molecule has 28 heavy (non-hydrogen) atoms. The molecule has 0 fully saturated rings. The number of benzene rings is 1. The van der Waals surface area contributed by atoms with E-state index in [0.29, 0.717) is 17.0 Å². The third kappa shape index (κ3) is 3.46. The first-order valence-electron chi connectivity index (χ1n) is 8.37. The molecule has 3 N–H and O–H groups in total. The lowest BCUT2D eigenvalue weighted by atomic mass is 10.1. The molecule has 0 bridgehead atoms. The summed E-state index contributed by atoms with van der Waals surface area (Å²) in [5.41, 5.74) is 7.99. The summed E-state index contributed by atoms with van der Waals surface area (Å²) in [6, 6.07) is 10.5. The molecule has 3 rings (SSSR count). The molecular weight excluding hydrogens is 360 g/mol. The molecule has 0 saturated carbocycles. The molecule has 0 atom stereocenters. The Morgan fingerprint density at radius 3 is 2.75 bits per heavy atom. The zero-order valence-corrected chi connectivity index (χ0v) is 15.4. The SMILES string of the molecule is COC(=O)c1c(N)c(C#N)cn1-c1ccc(C(=O)NCc2ccco2)cc1C. The van der Waals surface area contributed by atoms with Crippen molar-refractivity contribution in [3.63, 3.8) is 0 Å². The zero-order chi connectivity index (χ0) is 20.3. The summed E-state index contributed by atoms with van der Waals surface area (Å²) in [4.78, 5) is 24.5. The molecule has 2 aromatic heterocycles. The molecule has 8 nitrogen and oxygen atoms in total. The maximum atomic E-state index is 12.4. The Morgan fingerprint density at radius 1 is 1.36 bits per heavy atom. The second-order valence-electron chi connectivity index (χ2n) is 6.04. The van der Waals surface area contributed by atoms with E-state index in [0.717, 1.165) is 5.56 Å². The third-order valence-corrected chi connectivity index (χ3v) is 4.27. The number of rotatable bonds is 5. The number of anilines is 1. The lowest BCUT2D eigenvalue weighted by Gasteiger charge is -2.13. The number of nitrogens with two attached hydrogens (primary N) is 1. The second-order valence-corrected chi connectivity index (χ2v) is 6.04. The van der Waals surface area contributed by atoms with Crippen LogP contribution in [0.3, 0.4) is 0 Å². The fourth-order valence-corrected chi connectivity index (χ4v) is 2.85. The minimum absolute atomic E-state index is 0.0500. The van der Waals surface area contributed by atoms with Gasteiger partial charge < -0.3 is 24.8 Å². The predicted molar refractivity (Wildman–Crippen MR) is 101 cm³/mol. The van der Waals surface area contributed by atoms with Crippen LogP contribution in [0.2, 0.25) is 0 Å². The highest BCUT2D eigenvalue weighted by Crippen LogP contribution is 2.26. The first-order valence-corrected chi connectivity index (χ1v) is 8.37. The molecule has 0 unspecified atom stereocenters. The number of amides is 1. The van der Waals surface area contributed by atoms with Gasteiger partial charge in [-0.2, -0.15) is 5.26 Å². The Kier molecular flexibility index (Phi) is 5.18. The Hall–Kier alpha value is -3.99. The molecule has 0 spiro atoms. The molecule has 0 saturated heterocycles. The van der Waals surface area contributed by atoms with Gasteiger partial charge in [-0.15, -0.1) is 0 Å². The van der Waals surface area contributed by atoms with Crippen molar-refractivity contribution in [3.05, 3.63) is 70.9 Å². The van der Waals surface area contributed by atoms with Crippen LogP contribution in [0.4, 0.5) is 5.69 Å². The number of carbonyl (C=O) groups is 2. The molecule has 8 heteroatoms. The van der Waals surface area contributed by atoms with E-state index in [2.05, 4.69) is 5.32 Å². The van der Waals surface area contributed by atoms with Crippen molar-refractivity contribution in [2.75, 3.05) is 12.8 Å². The van der Waals surface area contributed by atoms with Crippen molar-refractivity contribution in [2.45, 2.75) is 13.5 Å². The summed E-state index contributed by atoms with van der Waals surface area (Å²) >= 11 is 0. The molecule has 0 radical (unpaired) electrons. The van der Waals surface area contributed by atoms with E-state index in [9.17, 15) is 14.9 Å². The number of methoxy groups -OCH3 is 1. The summed E-state index contributed by atoms with van der Waals surface area (Å²) < 4.78 is 11.5. The fourth-order valence-electron chi connectivity index (χ4n) is 2.85. The molecule has 1 amide bonds. The highest BCUT2D eigenvalue weighted by Gasteiger charge is 2.22. The summed E-state index contributed by atoms with van der Waals surface area (Å²) in [7, 11) is 1.24. The number of furan rings is 1. The monoisotopic (exact) mass is 378 g/mol. The lowest BCUT2D eigenvalue weighted by Crippen LogP contribution is -2.22. The first kappa shape index (κ1) is 18.8. The topological polar surface area (TPSA) is 123 Å². The Morgan fingerprint density at radius 2 is 2.14 bits per heavy atom. The van der Waals surface area contributed by atoms with Gasteiger partial charge in [0.05, 0.1) is 31.2 Å². The summed E-state index contributed by atoms with van der Waals surface area (Å²) in [6.45, 7) is 2.07. The maximum Gasteiger partial charge on any atom is 0.357 e. The number of aromatic nitrogens is 1. The third-order valence-electron chi connectivity index (χ3n) is 4.27. The molecule has 3 aromatic rings. The second kappa shape index (κ2) is 7.72. The van der Waals surface area contributed by atoms with Crippen molar-refractivity contribution >= 4 is 17.6 Å². The zero-order valence-electron chi connectivity index (χ0n) is 15.4. The number of esters is 1. The van der Waals surface area contributed by atoms with E-state index in [1.807, 2.05) is 6.07 Å². The number of nitrogens with zero attached hydrogens (tertiary/aromatic N) is 2. The van der Waals surface area contributed by atoms with Gasteiger partial charge in [0.25, 0.3) is 5.91 Å². The number of hydrogen-bond acceptors (Lipinski definition) is 6. The standard InChI is InChI=1S/C20H18N4O4/c1-12-8-13(19(25)23-10-15-4-3-7-28-15)5-6-16(12)24-11-14(9-21)17(22)18(24)20(26)27-2/h3-8,11H,10,22H2,1-2H3,(H,23,25). The number of hydrogen-bond donors (Lipinski definition) is 2. The Bertz CT molecular complexity index is 1070. The van der Waals surface area contributed by atoms with E-state index in [1.165, 1.54) is 24.1 Å². The summed E-state index contributed by atoms with van der Waals surface area (Å²) in [6.07, 6.45) is 3.01. The van der Waals surface area contributed by atoms with Crippen LogP contribution >= 0.6 is 0 Å². The van der Waals surface area contributed by atoms with Gasteiger partial charge in [-0.3, -0.25) is 4.79 Å². The van der Waals surface area contributed by atoms with Gasteiger partial charge in [-0.1, -0.05) is 0 Å². The Labute approximate surface area is 161 Å². The number of ether oxygens (including phenoxy) is 1. The van der Waals surface area contributed by atoms with E-state index >= 15 is 0 Å². The van der Waals surface area contributed by atoms with Gasteiger partial charge in [0.15, 0.2) is 5.69 Å². The average molecular weight is 378 g/mol. The predicted octanol–water partition coefficient (Wildman–Crippen LogP) is 2.55. The highest BCUT2D eigenvalue weighted by atomic mass is 16.5. The molecule has 1 aromatic carbocycles. The lowest BCUT2D eigenvalue weighted by molar-refractivity contribution is 0.0592. The van der Waals surface area contributed by atoms with Gasteiger partial charge in [0.2, 0.25) is 0 Å². The fraction of sp³-hybridized carbons (Fsp3) is 0.150. The molecule has 0 aliphatic rings. The van der Waals surface area contributed by atoms with Crippen LogP contribution in [-0.2, 0) is 11.3 Å². The molecule has 0 aliphatic carbocycles. The van der Waals surface area contributed by atoms with Gasteiger partial charge in [-0.05, 0) is 42.8 Å². The van der Waals surface area contributed by atoms with Crippen molar-refractivity contribution in [1.29, 1.82) is 5.26 Å². The van der Waals surface area contributed by atoms with Crippen molar-refractivity contribution in [1.82, 2.24) is 9.88 Å². The average Bonchev–Trinajstić information content (AvgIpc) is 3.33. The Balaban J connectivity index is 1.92. The number of carbonyl (C=O) groups excluding carboxylic acids is 2. The van der Waals surface area contributed by atoms with Crippen molar-refractivity contribution < 1.29 is 18.7 Å². The summed E-state index contributed by atoms with van der Waals surface area (Å²) in [5.74, 6) is -0.265. The van der Waals surface area contributed by atoms with E-state index in [1.54, 1.807) is 37.3 Å². The van der Waals surface area contributed by atoms with Crippen molar-refractivity contribution in [3.8, 4) is 11.8 Å². The van der Waals surface area contributed by atoms with E-state index in [4.69, 9.17) is 14.9 Å². The van der Waals surface area contributed by atoms with Gasteiger partial charge in [0.1, 0.15) is 11.8 Å². The van der Waals surface area contributed by atoms with Crippen LogP contribution in [0, 0.1) is 18.3 Å². The molecule has 0 aliphatic heterocycles. The normalized spacial score (nSPS) is 10.3. The number of aryl methyl sites for hydroxylation is 1. The van der Waals surface area contributed by atoms with Gasteiger partial charge in [-0.25, -0.2) is 4.79 Å². The molecular formula is C20H18N4O4. The highest BCUT2D eigenvalue weighted by molar-refractivity contribution is 5.97. The van der Waals surface area contributed by atoms with Crippen LogP contribution in [0.15, 0.2) is 47.2 Å². The smallest absolute Gasteiger partial charge is 0.357 e. The minimum atomic E-state index is -0.654. The van der Waals surface area contributed by atoms with E-state index in [-0.39, 0.29) is 29.4 Å². The van der Waals surface area contributed by atoms with E-state index < -0.39 is 5.97 Å². The van der Waals surface area contributed by atoms with Gasteiger partial charge in [0, 0.05) is 17.4 Å². The maximum absolute atomic E-state index is 12.4. The first-order chi connectivity index (χ1) is 13.5. The van der Waals surface area contributed by atoms with Crippen LogP contribution in [-0.4, -0.2) is 23.6 Å². The van der Waals surface area contributed by atoms with Crippen molar-refractivity contribution in [2.24, 2.45) is 0 Å². The number of nitrogen functional groups attached to an aromatic ring is 1. The summed E-state index contributed by atoms with van der Waals surface area (Å²) in [5, 5.41) is 12.0. The van der Waals surface area contributed by atoms with Gasteiger partial charge >= 0.3 is 5.97 Å². The quantitative estimate of drug-likeness (QED) is 0.658. The molecule has 142 valence electrons. The van der Waals surface area contributed by atoms with Crippen LogP contribution in [0.1, 0.15) is 37.7 Å².